The van der Waals surface area contributed by atoms with Gasteiger partial charge in [0.05, 0.1) is 28.6 Å². The van der Waals surface area contributed by atoms with Crippen molar-refractivity contribution >= 4 is 50.6 Å². The molecule has 0 aliphatic carbocycles. The molecule has 2 N–H and O–H groups in total. The molecule has 3 aromatic rings. The van der Waals surface area contributed by atoms with Crippen LogP contribution >= 0.6 is 23.2 Å². The van der Waals surface area contributed by atoms with Crippen LogP contribution in [0.4, 0.5) is 11.5 Å². The second-order valence-corrected chi connectivity index (χ2v) is 8.65. The van der Waals surface area contributed by atoms with E-state index in [1.54, 1.807) is 17.8 Å². The Hall–Kier alpha value is -2.69. The molecule has 29 heavy (non-hydrogen) atoms. The van der Waals surface area contributed by atoms with Gasteiger partial charge in [-0.25, -0.2) is 8.42 Å². The van der Waals surface area contributed by atoms with Crippen LogP contribution in [0, 0.1) is 5.92 Å². The Bertz CT molecular complexity index is 1100. The molecule has 1 atom stereocenters. The number of hydrogen-bond donors (Lipinski definition) is 2. The molecule has 0 saturated heterocycles. The smallest absolute Gasteiger partial charge is 0.263 e. The summed E-state index contributed by atoms with van der Waals surface area (Å²) < 4.78 is 28.7. The van der Waals surface area contributed by atoms with Gasteiger partial charge >= 0.3 is 0 Å². The van der Waals surface area contributed by atoms with Gasteiger partial charge in [-0.05, 0) is 36.4 Å². The lowest BCUT2D eigenvalue weighted by Crippen LogP contribution is -2.24. The van der Waals surface area contributed by atoms with Gasteiger partial charge in [0.15, 0.2) is 11.0 Å². The Balaban J connectivity index is 1.62. The number of benzene rings is 1. The predicted octanol–water partition coefficient (Wildman–Crippen LogP) is 3.06. The highest BCUT2D eigenvalue weighted by Crippen LogP contribution is 2.18. The summed E-state index contributed by atoms with van der Waals surface area (Å²) in [5.41, 5.74) is 0.464. The first-order chi connectivity index (χ1) is 13.7. The maximum Gasteiger partial charge on any atom is 0.263 e. The SMILES string of the molecule is CC(Cn1cc(Cl)cn1)C(=O)Nc1ccc(S(=O)(=O)Nc2ccc(Cl)nn2)cc1. The molecule has 0 saturated carbocycles. The summed E-state index contributed by atoms with van der Waals surface area (Å²) in [6, 6.07) is 8.56. The molecule has 2 heterocycles. The largest absolute Gasteiger partial charge is 0.326 e. The monoisotopic (exact) mass is 454 g/mol. The van der Waals surface area contributed by atoms with Crippen molar-refractivity contribution < 1.29 is 13.2 Å². The van der Waals surface area contributed by atoms with Gasteiger partial charge in [0.25, 0.3) is 10.0 Å². The van der Waals surface area contributed by atoms with Gasteiger partial charge in [0, 0.05) is 11.9 Å². The first kappa shape index (κ1) is 21.0. The van der Waals surface area contributed by atoms with Crippen LogP contribution in [-0.2, 0) is 21.4 Å². The Kier molecular flexibility index (Phi) is 6.36. The van der Waals surface area contributed by atoms with Crippen molar-refractivity contribution in [1.29, 1.82) is 0 Å². The molecule has 0 radical (unpaired) electrons. The summed E-state index contributed by atoms with van der Waals surface area (Å²) in [6.45, 7) is 2.11. The normalized spacial score (nSPS) is 12.4. The maximum absolute atomic E-state index is 12.4. The Morgan fingerprint density at radius 3 is 2.45 bits per heavy atom. The van der Waals surface area contributed by atoms with Crippen molar-refractivity contribution in [2.75, 3.05) is 10.0 Å². The predicted molar refractivity (Wildman–Crippen MR) is 109 cm³/mol. The number of anilines is 2. The van der Waals surface area contributed by atoms with Crippen LogP contribution in [0.25, 0.3) is 0 Å². The Labute approximate surface area is 177 Å². The Morgan fingerprint density at radius 1 is 1.14 bits per heavy atom. The molecule has 2 aromatic heterocycles. The van der Waals surface area contributed by atoms with E-state index in [2.05, 4.69) is 25.3 Å². The molecular formula is C17H16Cl2N6O3S. The zero-order valence-electron chi connectivity index (χ0n) is 15.1. The number of halogens is 2. The molecule has 0 spiro atoms. The summed E-state index contributed by atoms with van der Waals surface area (Å²) in [6.07, 6.45) is 3.12. The van der Waals surface area contributed by atoms with Gasteiger partial charge in [-0.15, -0.1) is 10.2 Å². The molecule has 0 fully saturated rings. The van der Waals surface area contributed by atoms with Crippen LogP contribution in [0.5, 0.6) is 0 Å². The van der Waals surface area contributed by atoms with Crippen molar-refractivity contribution in [3.8, 4) is 0 Å². The number of hydrogen-bond acceptors (Lipinski definition) is 6. The van der Waals surface area contributed by atoms with E-state index in [-0.39, 0.29) is 27.7 Å². The number of carbonyl (C=O) groups is 1. The summed E-state index contributed by atoms with van der Waals surface area (Å²) in [5.74, 6) is -0.569. The maximum atomic E-state index is 12.4. The van der Waals surface area contributed by atoms with Crippen LogP contribution in [-0.4, -0.2) is 34.3 Å². The lowest BCUT2D eigenvalue weighted by atomic mass is 10.1. The molecule has 0 aliphatic heterocycles. The number of aromatic nitrogens is 4. The van der Waals surface area contributed by atoms with E-state index >= 15 is 0 Å². The lowest BCUT2D eigenvalue weighted by Gasteiger charge is -2.13. The number of carbonyl (C=O) groups excluding carboxylic acids is 1. The molecule has 1 amide bonds. The minimum atomic E-state index is -3.86. The van der Waals surface area contributed by atoms with Gasteiger partial charge in [-0.1, -0.05) is 30.1 Å². The average molecular weight is 455 g/mol. The van der Waals surface area contributed by atoms with Crippen molar-refractivity contribution in [3.05, 3.63) is 59.0 Å². The number of nitrogens with one attached hydrogen (secondary N) is 2. The van der Waals surface area contributed by atoms with E-state index in [9.17, 15) is 13.2 Å². The average Bonchev–Trinajstić information content (AvgIpc) is 3.08. The zero-order chi connectivity index (χ0) is 21.0. The highest BCUT2D eigenvalue weighted by molar-refractivity contribution is 7.92. The highest BCUT2D eigenvalue weighted by Gasteiger charge is 2.17. The third kappa shape index (κ3) is 5.66. The van der Waals surface area contributed by atoms with E-state index in [1.165, 1.54) is 42.6 Å². The number of amides is 1. The summed E-state index contributed by atoms with van der Waals surface area (Å²) in [5, 5.41) is 14.7. The van der Waals surface area contributed by atoms with E-state index < -0.39 is 10.0 Å². The second-order valence-electron chi connectivity index (χ2n) is 6.14. The molecule has 0 bridgehead atoms. The minimum Gasteiger partial charge on any atom is -0.326 e. The highest BCUT2D eigenvalue weighted by atomic mass is 35.5. The van der Waals surface area contributed by atoms with Crippen LogP contribution in [0.15, 0.2) is 53.7 Å². The molecule has 152 valence electrons. The Morgan fingerprint density at radius 2 is 1.86 bits per heavy atom. The third-order valence-corrected chi connectivity index (χ3v) is 5.58. The van der Waals surface area contributed by atoms with E-state index in [0.717, 1.165) is 0 Å². The van der Waals surface area contributed by atoms with Crippen LogP contribution in [0.1, 0.15) is 6.92 Å². The second kappa shape index (κ2) is 8.76. The van der Waals surface area contributed by atoms with Gasteiger partial charge in [-0.3, -0.25) is 14.2 Å². The molecule has 0 aliphatic rings. The van der Waals surface area contributed by atoms with Crippen LogP contribution < -0.4 is 10.0 Å². The molecule has 3 rings (SSSR count). The number of rotatable bonds is 7. The van der Waals surface area contributed by atoms with E-state index in [0.29, 0.717) is 17.3 Å². The van der Waals surface area contributed by atoms with Crippen molar-refractivity contribution in [3.63, 3.8) is 0 Å². The summed E-state index contributed by atoms with van der Waals surface area (Å²) >= 11 is 11.4. The zero-order valence-corrected chi connectivity index (χ0v) is 17.4. The molecule has 9 nitrogen and oxygen atoms in total. The van der Waals surface area contributed by atoms with Crippen molar-refractivity contribution in [2.45, 2.75) is 18.4 Å². The number of nitrogens with zero attached hydrogens (tertiary/aromatic N) is 4. The van der Waals surface area contributed by atoms with Gasteiger partial charge in [-0.2, -0.15) is 5.10 Å². The van der Waals surface area contributed by atoms with Gasteiger partial charge in [0.1, 0.15) is 0 Å². The quantitative estimate of drug-likeness (QED) is 0.565. The standard InChI is InChI=1S/C17H16Cl2N6O3S/c1-11(9-25-10-12(18)8-20-25)17(26)21-13-2-4-14(5-3-13)29(27,28)24-16-7-6-15(19)22-23-16/h2-8,10-11H,9H2,1H3,(H,21,26)(H,23,24). The minimum absolute atomic E-state index is 0.00600. The fraction of sp³-hybridized carbons (Fsp3) is 0.176. The molecular weight excluding hydrogens is 439 g/mol. The first-order valence-corrected chi connectivity index (χ1v) is 10.6. The van der Waals surface area contributed by atoms with Gasteiger partial charge < -0.3 is 5.32 Å². The number of sulfonamides is 1. The van der Waals surface area contributed by atoms with Crippen molar-refractivity contribution in [2.24, 2.45) is 5.92 Å². The molecule has 1 aromatic carbocycles. The van der Waals surface area contributed by atoms with Crippen molar-refractivity contribution in [1.82, 2.24) is 20.0 Å². The van der Waals surface area contributed by atoms with Crippen LogP contribution in [0.3, 0.4) is 0 Å². The van der Waals surface area contributed by atoms with Crippen LogP contribution in [0.2, 0.25) is 10.2 Å². The fourth-order valence-electron chi connectivity index (χ4n) is 2.35. The summed E-state index contributed by atoms with van der Waals surface area (Å²) in [7, 11) is -3.86. The van der Waals surface area contributed by atoms with Gasteiger partial charge in [0.2, 0.25) is 5.91 Å². The summed E-state index contributed by atoms with van der Waals surface area (Å²) in [4.78, 5) is 12.3. The first-order valence-electron chi connectivity index (χ1n) is 8.34. The molecule has 12 heteroatoms. The topological polar surface area (TPSA) is 119 Å². The fourth-order valence-corrected chi connectivity index (χ4v) is 3.61. The van der Waals surface area contributed by atoms with E-state index in [1.807, 2.05) is 0 Å². The van der Waals surface area contributed by atoms with E-state index in [4.69, 9.17) is 23.2 Å². The third-order valence-electron chi connectivity index (χ3n) is 3.81. The molecule has 1 unspecified atom stereocenters. The lowest BCUT2D eigenvalue weighted by molar-refractivity contribution is -0.119.